The Morgan fingerprint density at radius 2 is 2.00 bits per heavy atom. The molecule has 4 heteroatoms. The number of ether oxygens (including phenoxy) is 2. The molecule has 4 atom stereocenters. The lowest BCUT2D eigenvalue weighted by Crippen LogP contribution is -2.55. The molecule has 0 unspecified atom stereocenters. The van der Waals surface area contributed by atoms with Crippen LogP contribution in [0.3, 0.4) is 0 Å². The van der Waals surface area contributed by atoms with E-state index in [-0.39, 0.29) is 10.9 Å². The molecule has 13 heavy (non-hydrogen) atoms. The topological polar surface area (TPSA) is 38.7 Å². The van der Waals surface area contributed by atoms with E-state index in [0.717, 1.165) is 12.8 Å². The maximum Gasteiger partial charge on any atom is 0.171 e. The summed E-state index contributed by atoms with van der Waals surface area (Å²) in [5.74, 6) is 0.436. The van der Waals surface area contributed by atoms with Gasteiger partial charge in [-0.2, -0.15) is 0 Å². The molecule has 0 aromatic carbocycles. The minimum Gasteiger partial charge on any atom is -0.392 e. The van der Waals surface area contributed by atoms with Crippen molar-refractivity contribution in [3.05, 3.63) is 0 Å². The van der Waals surface area contributed by atoms with E-state index < -0.39 is 5.79 Å². The fourth-order valence-electron chi connectivity index (χ4n) is 2.70. The molecule has 2 aliphatic carbocycles. The highest BCUT2D eigenvalue weighted by atomic mass is 79.9. The van der Waals surface area contributed by atoms with Gasteiger partial charge >= 0.3 is 0 Å². The molecular formula is C9H15BrO3. The Morgan fingerprint density at radius 3 is 2.46 bits per heavy atom. The Labute approximate surface area is 86.5 Å². The Balaban J connectivity index is 2.10. The predicted molar refractivity (Wildman–Crippen MR) is 51.7 cm³/mol. The van der Waals surface area contributed by atoms with Gasteiger partial charge in [0.1, 0.15) is 0 Å². The molecule has 2 saturated carbocycles. The van der Waals surface area contributed by atoms with Crippen LogP contribution in [0.5, 0.6) is 0 Å². The van der Waals surface area contributed by atoms with E-state index in [1.807, 2.05) is 0 Å². The number of fused-ring (bicyclic) bond motifs is 1. The van der Waals surface area contributed by atoms with Crippen LogP contribution in [0.15, 0.2) is 0 Å². The Morgan fingerprint density at radius 1 is 1.38 bits per heavy atom. The summed E-state index contributed by atoms with van der Waals surface area (Å²) >= 11 is 3.51. The monoisotopic (exact) mass is 250 g/mol. The van der Waals surface area contributed by atoms with Gasteiger partial charge in [-0.3, -0.25) is 0 Å². The van der Waals surface area contributed by atoms with Crippen molar-refractivity contribution in [3.63, 3.8) is 0 Å². The van der Waals surface area contributed by atoms with Crippen LogP contribution in [0, 0.1) is 11.8 Å². The van der Waals surface area contributed by atoms with Gasteiger partial charge in [0.2, 0.25) is 0 Å². The zero-order valence-corrected chi connectivity index (χ0v) is 9.45. The number of halogens is 1. The second-order valence-electron chi connectivity index (χ2n) is 3.94. The zero-order chi connectivity index (χ0) is 9.64. The molecule has 3 nitrogen and oxygen atoms in total. The lowest BCUT2D eigenvalue weighted by molar-refractivity contribution is -0.302. The van der Waals surface area contributed by atoms with Crippen LogP contribution in [0.25, 0.3) is 0 Å². The first-order valence-corrected chi connectivity index (χ1v) is 5.48. The molecule has 0 radical (unpaired) electrons. The molecule has 0 amide bonds. The second kappa shape index (κ2) is 3.19. The third-order valence-corrected chi connectivity index (χ3v) is 4.85. The highest BCUT2D eigenvalue weighted by Crippen LogP contribution is 2.57. The van der Waals surface area contributed by atoms with E-state index >= 15 is 0 Å². The maximum absolute atomic E-state index is 9.64. The average molecular weight is 251 g/mol. The van der Waals surface area contributed by atoms with Gasteiger partial charge in [0.25, 0.3) is 0 Å². The smallest absolute Gasteiger partial charge is 0.171 e. The van der Waals surface area contributed by atoms with E-state index in [1.54, 1.807) is 14.2 Å². The summed E-state index contributed by atoms with van der Waals surface area (Å²) in [4.78, 5) is 0.218. The normalized spacial score (nSPS) is 47.1. The van der Waals surface area contributed by atoms with Crippen LogP contribution in [0.4, 0.5) is 0 Å². The first-order valence-electron chi connectivity index (χ1n) is 4.57. The van der Waals surface area contributed by atoms with Crippen molar-refractivity contribution in [3.8, 4) is 0 Å². The maximum atomic E-state index is 9.64. The van der Waals surface area contributed by atoms with Crippen LogP contribution in [0.1, 0.15) is 12.8 Å². The average Bonchev–Trinajstić information content (AvgIpc) is 2.33. The van der Waals surface area contributed by atoms with Gasteiger partial charge in [-0.15, -0.1) is 0 Å². The number of methoxy groups -OCH3 is 2. The summed E-state index contributed by atoms with van der Waals surface area (Å²) in [6, 6.07) is 0. The van der Waals surface area contributed by atoms with Crippen molar-refractivity contribution < 1.29 is 14.6 Å². The van der Waals surface area contributed by atoms with Crippen molar-refractivity contribution in [2.45, 2.75) is 29.6 Å². The first kappa shape index (κ1) is 9.90. The fourth-order valence-corrected chi connectivity index (χ4v) is 3.48. The summed E-state index contributed by atoms with van der Waals surface area (Å²) in [5.41, 5.74) is 0. The van der Waals surface area contributed by atoms with E-state index in [0.29, 0.717) is 11.8 Å². The molecule has 0 aliphatic heterocycles. The minimum atomic E-state index is -0.422. The summed E-state index contributed by atoms with van der Waals surface area (Å²) in [5, 5.41) is 9.64. The number of hydrogen-bond donors (Lipinski definition) is 1. The molecule has 0 spiro atoms. The molecule has 0 saturated heterocycles. The van der Waals surface area contributed by atoms with Crippen LogP contribution < -0.4 is 0 Å². The van der Waals surface area contributed by atoms with Crippen molar-refractivity contribution in [2.75, 3.05) is 14.2 Å². The van der Waals surface area contributed by atoms with Gasteiger partial charge in [-0.05, 0) is 12.3 Å². The molecule has 2 rings (SSSR count). The van der Waals surface area contributed by atoms with Crippen molar-refractivity contribution in [2.24, 2.45) is 11.8 Å². The standard InChI is InChI=1S/C9H15BrO3/c1-12-9(13-2)4-5-6(9)3-7(11)8(5)10/h5-8,11H,3-4H2,1-2H3/t5-,6-,7+,8+/m1/s1. The first-order chi connectivity index (χ1) is 6.14. The van der Waals surface area contributed by atoms with Crippen LogP contribution in [-0.2, 0) is 9.47 Å². The van der Waals surface area contributed by atoms with Gasteiger partial charge in [0, 0.05) is 31.4 Å². The fraction of sp³-hybridized carbons (Fsp3) is 1.00. The summed E-state index contributed by atoms with van der Waals surface area (Å²) in [6.45, 7) is 0. The molecule has 2 fully saturated rings. The van der Waals surface area contributed by atoms with Crippen molar-refractivity contribution in [1.29, 1.82) is 0 Å². The summed E-state index contributed by atoms with van der Waals surface area (Å²) in [7, 11) is 3.35. The van der Waals surface area contributed by atoms with E-state index in [9.17, 15) is 5.11 Å². The Kier molecular flexibility index (Phi) is 2.43. The third kappa shape index (κ3) is 1.19. The van der Waals surface area contributed by atoms with Gasteiger partial charge in [0.05, 0.1) is 6.10 Å². The molecule has 1 N–H and O–H groups in total. The highest BCUT2D eigenvalue weighted by molar-refractivity contribution is 9.09. The number of rotatable bonds is 2. The molecule has 0 aromatic heterocycles. The molecule has 2 aliphatic rings. The largest absolute Gasteiger partial charge is 0.392 e. The highest BCUT2D eigenvalue weighted by Gasteiger charge is 2.62. The molecule has 76 valence electrons. The van der Waals surface area contributed by atoms with Crippen molar-refractivity contribution in [1.82, 2.24) is 0 Å². The Hall–Kier alpha value is 0.360. The SMILES string of the molecule is COC1(OC)C[C@H]2[C@H](Br)[C@@H](O)C[C@H]21. The minimum absolute atomic E-state index is 0.218. The van der Waals surface area contributed by atoms with Gasteiger partial charge < -0.3 is 14.6 Å². The van der Waals surface area contributed by atoms with Gasteiger partial charge in [-0.1, -0.05) is 15.9 Å². The molecular weight excluding hydrogens is 236 g/mol. The second-order valence-corrected chi connectivity index (χ2v) is 5.00. The zero-order valence-electron chi connectivity index (χ0n) is 7.87. The molecule has 0 bridgehead atoms. The van der Waals surface area contributed by atoms with Crippen LogP contribution in [0.2, 0.25) is 0 Å². The Bertz CT molecular complexity index is 205. The summed E-state index contributed by atoms with van der Waals surface area (Å²) in [6.07, 6.45) is 1.42. The van der Waals surface area contributed by atoms with E-state index in [4.69, 9.17) is 9.47 Å². The quantitative estimate of drug-likeness (QED) is 0.590. The summed E-state index contributed by atoms with van der Waals surface area (Å²) < 4.78 is 10.8. The van der Waals surface area contributed by atoms with Crippen LogP contribution in [-0.4, -0.2) is 36.0 Å². The van der Waals surface area contributed by atoms with Gasteiger partial charge in [0.15, 0.2) is 5.79 Å². The number of hydrogen-bond acceptors (Lipinski definition) is 3. The number of aliphatic hydroxyl groups is 1. The van der Waals surface area contributed by atoms with E-state index in [1.165, 1.54) is 0 Å². The molecule has 0 heterocycles. The lowest BCUT2D eigenvalue weighted by Gasteiger charge is -2.50. The number of alkyl halides is 1. The van der Waals surface area contributed by atoms with Crippen molar-refractivity contribution >= 4 is 15.9 Å². The van der Waals surface area contributed by atoms with Crippen LogP contribution >= 0.6 is 15.9 Å². The van der Waals surface area contributed by atoms with E-state index in [2.05, 4.69) is 15.9 Å². The molecule has 0 aromatic rings. The predicted octanol–water partition coefficient (Wildman–Crippen LogP) is 1.14. The lowest BCUT2D eigenvalue weighted by atomic mass is 9.70. The number of aliphatic hydroxyl groups excluding tert-OH is 1. The van der Waals surface area contributed by atoms with Gasteiger partial charge in [-0.25, -0.2) is 0 Å². The third-order valence-electron chi connectivity index (χ3n) is 3.57.